The van der Waals surface area contributed by atoms with Crippen LogP contribution in [0, 0.1) is 6.92 Å². The van der Waals surface area contributed by atoms with Crippen molar-refractivity contribution in [2.75, 3.05) is 6.61 Å². The predicted octanol–water partition coefficient (Wildman–Crippen LogP) is 1.47. The first-order chi connectivity index (χ1) is 7.50. The highest BCUT2D eigenvalue weighted by Gasteiger charge is 2.05. The summed E-state index contributed by atoms with van der Waals surface area (Å²) in [5.74, 6) is 0.868. The van der Waals surface area contributed by atoms with Gasteiger partial charge in [0.15, 0.2) is 0 Å². The van der Waals surface area contributed by atoms with Gasteiger partial charge in [0.25, 0.3) is 0 Å². The van der Waals surface area contributed by atoms with Gasteiger partial charge < -0.3 is 9.84 Å². The van der Waals surface area contributed by atoms with Gasteiger partial charge in [0.1, 0.15) is 22.2 Å². The van der Waals surface area contributed by atoms with Gasteiger partial charge >= 0.3 is 0 Å². The molecule has 1 unspecified atom stereocenters. The van der Waals surface area contributed by atoms with Gasteiger partial charge in [-0.25, -0.2) is 8.42 Å². The highest BCUT2D eigenvalue weighted by Crippen LogP contribution is 2.21. The first kappa shape index (κ1) is 12.8. The molecule has 90 valence electrons. The van der Waals surface area contributed by atoms with Gasteiger partial charge in [-0.15, -0.1) is 0 Å². The van der Waals surface area contributed by atoms with E-state index in [1.54, 1.807) is 32.0 Å². The molecule has 0 spiro atoms. The Bertz CT molecular complexity index is 418. The molecular weight excluding hydrogens is 228 g/mol. The van der Waals surface area contributed by atoms with Crippen LogP contribution in [0.15, 0.2) is 18.2 Å². The Balaban J connectivity index is 2.46. The van der Waals surface area contributed by atoms with Gasteiger partial charge in [-0.2, -0.15) is 0 Å². The van der Waals surface area contributed by atoms with Crippen molar-refractivity contribution in [2.45, 2.75) is 25.5 Å². The maximum Gasteiger partial charge on any atom is 0.142 e. The minimum atomic E-state index is -2.37. The lowest BCUT2D eigenvalue weighted by molar-refractivity contribution is 0.309. The van der Waals surface area contributed by atoms with Crippen molar-refractivity contribution < 1.29 is 18.3 Å². The standard InChI is InChI=1S/C11H16O4S/c1-8-7-10(3-4-11(8)12)15-6-5-9(2)16(13)14/h3-4,7,9,12,16H,5-6H2,1-2H3. The third-order valence-corrected chi connectivity index (χ3v) is 3.31. The molecule has 0 aliphatic carbocycles. The number of ether oxygens (including phenoxy) is 1. The van der Waals surface area contributed by atoms with Gasteiger partial charge in [0, 0.05) is 0 Å². The Hall–Kier alpha value is -1.23. The molecule has 5 heteroatoms. The molecule has 1 N–H and O–H groups in total. The van der Waals surface area contributed by atoms with Crippen LogP contribution in [-0.2, 0) is 10.7 Å². The zero-order valence-corrected chi connectivity index (χ0v) is 10.2. The van der Waals surface area contributed by atoms with E-state index in [1.807, 2.05) is 0 Å². The summed E-state index contributed by atoms with van der Waals surface area (Å²) in [6.07, 6.45) is 0.471. The summed E-state index contributed by atoms with van der Waals surface area (Å²) in [5, 5.41) is 8.93. The minimum absolute atomic E-state index is 0.225. The third kappa shape index (κ3) is 3.73. The van der Waals surface area contributed by atoms with E-state index in [2.05, 4.69) is 0 Å². The van der Waals surface area contributed by atoms with E-state index in [0.29, 0.717) is 18.8 Å². The molecule has 1 aromatic carbocycles. The summed E-state index contributed by atoms with van der Waals surface area (Å²) in [6.45, 7) is 3.78. The molecule has 0 bridgehead atoms. The van der Waals surface area contributed by atoms with Gasteiger partial charge in [-0.3, -0.25) is 0 Å². The van der Waals surface area contributed by atoms with Gasteiger partial charge in [0.2, 0.25) is 0 Å². The average molecular weight is 244 g/mol. The zero-order valence-electron chi connectivity index (χ0n) is 9.34. The maximum atomic E-state index is 10.6. The lowest BCUT2D eigenvalue weighted by atomic mass is 10.2. The number of rotatable bonds is 5. The predicted molar refractivity (Wildman–Crippen MR) is 62.7 cm³/mol. The molecular formula is C11H16O4S. The van der Waals surface area contributed by atoms with E-state index in [4.69, 9.17) is 4.74 Å². The lowest BCUT2D eigenvalue weighted by Crippen LogP contribution is -2.10. The quantitative estimate of drug-likeness (QED) is 0.770. The molecule has 0 radical (unpaired) electrons. The van der Waals surface area contributed by atoms with Crippen molar-refractivity contribution in [2.24, 2.45) is 0 Å². The zero-order chi connectivity index (χ0) is 12.1. The van der Waals surface area contributed by atoms with Gasteiger partial charge in [-0.05, 0) is 44.0 Å². The van der Waals surface area contributed by atoms with Crippen LogP contribution in [0.4, 0.5) is 0 Å². The number of aromatic hydroxyl groups is 1. The van der Waals surface area contributed by atoms with E-state index < -0.39 is 10.7 Å². The van der Waals surface area contributed by atoms with Crippen LogP contribution in [0.5, 0.6) is 11.5 Å². The second kappa shape index (κ2) is 5.75. The fourth-order valence-corrected chi connectivity index (χ4v) is 1.49. The first-order valence-corrected chi connectivity index (χ1v) is 6.31. The Kier molecular flexibility index (Phi) is 4.61. The smallest absolute Gasteiger partial charge is 0.142 e. The number of thiol groups is 1. The molecule has 0 saturated carbocycles. The summed E-state index contributed by atoms with van der Waals surface area (Å²) < 4.78 is 26.6. The Morgan fingerprint density at radius 3 is 2.69 bits per heavy atom. The summed E-state index contributed by atoms with van der Waals surface area (Å²) in [7, 11) is -2.37. The highest BCUT2D eigenvalue weighted by molar-refractivity contribution is 7.73. The van der Waals surface area contributed by atoms with Crippen molar-refractivity contribution in [3.63, 3.8) is 0 Å². The van der Waals surface area contributed by atoms with E-state index in [0.717, 1.165) is 5.56 Å². The van der Waals surface area contributed by atoms with Crippen LogP contribution in [0.25, 0.3) is 0 Å². The Morgan fingerprint density at radius 1 is 1.44 bits per heavy atom. The summed E-state index contributed by atoms with van der Waals surface area (Å²) in [6, 6.07) is 4.93. The van der Waals surface area contributed by atoms with E-state index in [1.165, 1.54) is 0 Å². The molecule has 1 rings (SSSR count). The fraction of sp³-hybridized carbons (Fsp3) is 0.455. The molecule has 1 atom stereocenters. The molecule has 0 saturated heterocycles. The highest BCUT2D eigenvalue weighted by atomic mass is 32.2. The SMILES string of the molecule is Cc1cc(OCCC(C)[SH](=O)=O)ccc1O. The van der Waals surface area contributed by atoms with E-state index in [-0.39, 0.29) is 11.0 Å². The summed E-state index contributed by atoms with van der Waals surface area (Å²) in [5.41, 5.74) is 0.737. The molecule has 0 fully saturated rings. The lowest BCUT2D eigenvalue weighted by Gasteiger charge is -2.08. The third-order valence-electron chi connectivity index (χ3n) is 2.33. The summed E-state index contributed by atoms with van der Waals surface area (Å²) in [4.78, 5) is 0. The van der Waals surface area contributed by atoms with Crippen molar-refractivity contribution in [1.82, 2.24) is 0 Å². The number of benzene rings is 1. The molecule has 0 aliphatic heterocycles. The number of hydrogen-bond acceptors (Lipinski definition) is 4. The van der Waals surface area contributed by atoms with Crippen molar-refractivity contribution >= 4 is 10.7 Å². The first-order valence-electron chi connectivity index (χ1n) is 5.06. The fourth-order valence-electron chi connectivity index (χ4n) is 1.17. The normalized spacial score (nSPS) is 12.7. The number of hydrogen-bond donors (Lipinski definition) is 2. The van der Waals surface area contributed by atoms with Crippen molar-refractivity contribution in [3.8, 4) is 11.5 Å². The second-order valence-corrected chi connectivity index (χ2v) is 5.17. The van der Waals surface area contributed by atoms with Crippen LogP contribution in [0.1, 0.15) is 18.9 Å². The van der Waals surface area contributed by atoms with Crippen LogP contribution < -0.4 is 4.74 Å². The molecule has 0 aliphatic rings. The van der Waals surface area contributed by atoms with Crippen molar-refractivity contribution in [1.29, 1.82) is 0 Å². The second-order valence-electron chi connectivity index (χ2n) is 3.72. The Labute approximate surface area is 96.8 Å². The van der Waals surface area contributed by atoms with Crippen LogP contribution >= 0.6 is 0 Å². The number of phenolic OH excluding ortho intramolecular Hbond substituents is 1. The molecule has 1 aromatic rings. The van der Waals surface area contributed by atoms with E-state index >= 15 is 0 Å². The van der Waals surface area contributed by atoms with Gasteiger partial charge in [-0.1, -0.05) is 0 Å². The molecule has 0 heterocycles. The topological polar surface area (TPSA) is 63.6 Å². The van der Waals surface area contributed by atoms with Gasteiger partial charge in [0.05, 0.1) is 11.9 Å². The number of phenols is 1. The van der Waals surface area contributed by atoms with Crippen molar-refractivity contribution in [3.05, 3.63) is 23.8 Å². The molecule has 0 amide bonds. The largest absolute Gasteiger partial charge is 0.508 e. The minimum Gasteiger partial charge on any atom is -0.508 e. The summed E-state index contributed by atoms with van der Waals surface area (Å²) >= 11 is 0. The van der Waals surface area contributed by atoms with Crippen LogP contribution in [-0.4, -0.2) is 25.4 Å². The molecule has 16 heavy (non-hydrogen) atoms. The van der Waals surface area contributed by atoms with Crippen LogP contribution in [0.2, 0.25) is 0 Å². The average Bonchev–Trinajstić information content (AvgIpc) is 2.23. The Morgan fingerprint density at radius 2 is 2.12 bits per heavy atom. The molecule has 0 aromatic heterocycles. The van der Waals surface area contributed by atoms with Crippen LogP contribution in [0.3, 0.4) is 0 Å². The van der Waals surface area contributed by atoms with E-state index in [9.17, 15) is 13.5 Å². The number of aryl methyl sites for hydroxylation is 1. The maximum absolute atomic E-state index is 10.6. The molecule has 4 nitrogen and oxygen atoms in total. The monoisotopic (exact) mass is 244 g/mol.